The van der Waals surface area contributed by atoms with E-state index in [0.29, 0.717) is 6.54 Å². The van der Waals surface area contributed by atoms with Crippen molar-refractivity contribution in [2.45, 2.75) is 80.6 Å². The Labute approximate surface area is 176 Å². The van der Waals surface area contributed by atoms with E-state index >= 15 is 0 Å². The van der Waals surface area contributed by atoms with Gasteiger partial charge in [0.05, 0.1) is 18.4 Å². The Bertz CT molecular complexity index is 579. The Balaban J connectivity index is 1.30. The minimum Gasteiger partial charge on any atom is -0.469 e. The van der Waals surface area contributed by atoms with Crippen molar-refractivity contribution in [1.82, 2.24) is 26.8 Å². The number of carbonyl (C=O) groups excluding carboxylic acids is 3. The summed E-state index contributed by atoms with van der Waals surface area (Å²) in [7, 11) is 1.41. The van der Waals surface area contributed by atoms with Crippen LogP contribution in [0, 0.1) is 5.92 Å². The summed E-state index contributed by atoms with van der Waals surface area (Å²) in [5.41, 5.74) is 6.07. The average Bonchev–Trinajstić information content (AvgIpc) is 3.22. The highest BCUT2D eigenvalue weighted by molar-refractivity contribution is 8.01. The fraction of sp³-hybridized carbons (Fsp3) is 0.842. The molecule has 5 N–H and O–H groups in total. The molecule has 3 amide bonds. The van der Waals surface area contributed by atoms with Crippen LogP contribution in [0.2, 0.25) is 0 Å². The maximum atomic E-state index is 12.4. The van der Waals surface area contributed by atoms with Gasteiger partial charge in [0.1, 0.15) is 5.37 Å². The van der Waals surface area contributed by atoms with Crippen molar-refractivity contribution in [2.75, 3.05) is 13.7 Å². The van der Waals surface area contributed by atoms with Gasteiger partial charge in [0.25, 0.3) is 0 Å². The van der Waals surface area contributed by atoms with Crippen molar-refractivity contribution in [2.24, 2.45) is 5.92 Å². The number of urea groups is 1. The van der Waals surface area contributed by atoms with Gasteiger partial charge in [-0.2, -0.15) is 0 Å². The second-order valence-electron chi connectivity index (χ2n) is 8.06. The number of carbonyl (C=O) groups is 3. The molecule has 0 bridgehead atoms. The fourth-order valence-electron chi connectivity index (χ4n) is 4.21. The van der Waals surface area contributed by atoms with Gasteiger partial charge in [-0.15, -0.1) is 11.8 Å². The molecule has 2 aliphatic carbocycles. The smallest absolute Gasteiger partial charge is 0.315 e. The first kappa shape index (κ1) is 22.2. The lowest BCUT2D eigenvalue weighted by atomic mass is 9.86. The van der Waals surface area contributed by atoms with Gasteiger partial charge in [0.2, 0.25) is 5.91 Å². The molecular formula is C19H33N5O4S. The van der Waals surface area contributed by atoms with E-state index in [2.05, 4.69) is 26.8 Å². The number of hydrogen-bond donors (Lipinski definition) is 5. The van der Waals surface area contributed by atoms with Crippen LogP contribution < -0.4 is 26.8 Å². The third-order valence-electron chi connectivity index (χ3n) is 5.91. The molecule has 1 aliphatic heterocycles. The van der Waals surface area contributed by atoms with Crippen molar-refractivity contribution in [1.29, 1.82) is 0 Å². The number of amides is 3. The lowest BCUT2D eigenvalue weighted by molar-refractivity contribution is -0.146. The van der Waals surface area contributed by atoms with E-state index in [9.17, 15) is 14.4 Å². The Morgan fingerprint density at radius 3 is 2.31 bits per heavy atom. The van der Waals surface area contributed by atoms with E-state index in [-0.39, 0.29) is 46.7 Å². The van der Waals surface area contributed by atoms with Crippen LogP contribution >= 0.6 is 11.8 Å². The van der Waals surface area contributed by atoms with Gasteiger partial charge in [-0.3, -0.25) is 9.59 Å². The molecule has 29 heavy (non-hydrogen) atoms. The standard InChI is InChI=1S/C19H33N5O4S/c1-28-18(26)12-7-9-14(10-8-12)22-19(27)20-11-15-23-24-17(29-15)16(25)21-13-5-3-2-4-6-13/h12-15,17,23-24H,2-11H2,1H3,(H,21,25)(H2,20,22,27). The highest BCUT2D eigenvalue weighted by Gasteiger charge is 2.32. The topological polar surface area (TPSA) is 121 Å². The molecule has 1 saturated heterocycles. The number of thioether (sulfide) groups is 1. The zero-order valence-electron chi connectivity index (χ0n) is 17.0. The normalized spacial score (nSPS) is 30.4. The molecule has 0 aromatic carbocycles. The number of hydrogen-bond acceptors (Lipinski definition) is 7. The van der Waals surface area contributed by atoms with Crippen LogP contribution in [0.4, 0.5) is 4.79 Å². The number of esters is 1. The first-order valence-corrected chi connectivity index (χ1v) is 11.6. The molecule has 2 atom stereocenters. The predicted molar refractivity (Wildman–Crippen MR) is 111 cm³/mol. The summed E-state index contributed by atoms with van der Waals surface area (Å²) >= 11 is 1.47. The summed E-state index contributed by atoms with van der Waals surface area (Å²) in [4.78, 5) is 36.1. The highest BCUT2D eigenvalue weighted by atomic mass is 32.2. The molecule has 9 nitrogen and oxygen atoms in total. The van der Waals surface area contributed by atoms with Crippen molar-refractivity contribution in [3.05, 3.63) is 0 Å². The number of ether oxygens (including phenoxy) is 1. The minimum atomic E-state index is -0.347. The van der Waals surface area contributed by atoms with Gasteiger partial charge in [-0.25, -0.2) is 15.6 Å². The van der Waals surface area contributed by atoms with Gasteiger partial charge in [-0.1, -0.05) is 19.3 Å². The fourth-order valence-corrected chi connectivity index (χ4v) is 5.19. The van der Waals surface area contributed by atoms with Gasteiger partial charge >= 0.3 is 12.0 Å². The molecule has 0 radical (unpaired) electrons. The van der Waals surface area contributed by atoms with Crippen LogP contribution in [-0.2, 0) is 14.3 Å². The van der Waals surface area contributed by atoms with Gasteiger partial charge in [-0.05, 0) is 38.5 Å². The van der Waals surface area contributed by atoms with Crippen LogP contribution in [0.1, 0.15) is 57.8 Å². The third-order valence-corrected chi connectivity index (χ3v) is 7.13. The summed E-state index contributed by atoms with van der Waals surface area (Å²) in [5.74, 6) is -0.210. The Morgan fingerprint density at radius 1 is 0.931 bits per heavy atom. The Morgan fingerprint density at radius 2 is 1.62 bits per heavy atom. The number of methoxy groups -OCH3 is 1. The molecule has 164 valence electrons. The van der Waals surface area contributed by atoms with Crippen molar-refractivity contribution >= 4 is 29.7 Å². The monoisotopic (exact) mass is 427 g/mol. The van der Waals surface area contributed by atoms with Crippen LogP contribution in [0.5, 0.6) is 0 Å². The van der Waals surface area contributed by atoms with Gasteiger partial charge in [0.15, 0.2) is 0 Å². The zero-order valence-corrected chi connectivity index (χ0v) is 17.8. The summed E-state index contributed by atoms with van der Waals surface area (Å²) < 4.78 is 4.79. The molecule has 2 unspecified atom stereocenters. The van der Waals surface area contributed by atoms with E-state index in [0.717, 1.165) is 38.5 Å². The van der Waals surface area contributed by atoms with Gasteiger partial charge in [0, 0.05) is 18.6 Å². The van der Waals surface area contributed by atoms with E-state index in [4.69, 9.17) is 4.74 Å². The largest absolute Gasteiger partial charge is 0.469 e. The van der Waals surface area contributed by atoms with Crippen LogP contribution in [-0.4, -0.2) is 54.4 Å². The van der Waals surface area contributed by atoms with Crippen molar-refractivity contribution in [3.8, 4) is 0 Å². The SMILES string of the molecule is COC(=O)C1CCC(NC(=O)NCC2NNC(C(=O)NC3CCCCC3)S2)CC1. The Kier molecular flexibility index (Phi) is 8.43. The molecule has 2 saturated carbocycles. The van der Waals surface area contributed by atoms with E-state index in [1.165, 1.54) is 38.1 Å². The molecule has 0 aromatic heterocycles. The van der Waals surface area contributed by atoms with Crippen LogP contribution in [0.3, 0.4) is 0 Å². The molecule has 10 heteroatoms. The summed E-state index contributed by atoms with van der Waals surface area (Å²) in [6.07, 6.45) is 8.75. The third kappa shape index (κ3) is 6.75. The van der Waals surface area contributed by atoms with Crippen LogP contribution in [0.25, 0.3) is 0 Å². The molecular weight excluding hydrogens is 394 g/mol. The molecule has 0 spiro atoms. The van der Waals surface area contributed by atoms with E-state index in [1.807, 2.05) is 0 Å². The van der Waals surface area contributed by atoms with Crippen molar-refractivity contribution in [3.63, 3.8) is 0 Å². The van der Waals surface area contributed by atoms with Gasteiger partial charge < -0.3 is 20.7 Å². The second kappa shape index (κ2) is 11.0. The molecule has 3 aliphatic rings. The minimum absolute atomic E-state index is 0.00344. The quantitative estimate of drug-likeness (QED) is 0.400. The zero-order chi connectivity index (χ0) is 20.6. The highest BCUT2D eigenvalue weighted by Crippen LogP contribution is 2.25. The van der Waals surface area contributed by atoms with Crippen LogP contribution in [0.15, 0.2) is 0 Å². The maximum absolute atomic E-state index is 12.4. The first-order valence-electron chi connectivity index (χ1n) is 10.6. The van der Waals surface area contributed by atoms with E-state index < -0.39 is 0 Å². The second-order valence-corrected chi connectivity index (χ2v) is 9.38. The lowest BCUT2D eigenvalue weighted by Gasteiger charge is -2.27. The molecule has 3 rings (SSSR count). The van der Waals surface area contributed by atoms with Crippen molar-refractivity contribution < 1.29 is 19.1 Å². The van der Waals surface area contributed by atoms with E-state index in [1.54, 1.807) is 0 Å². The molecule has 3 fully saturated rings. The lowest BCUT2D eigenvalue weighted by Crippen LogP contribution is -2.48. The predicted octanol–water partition coefficient (Wildman–Crippen LogP) is 0.960. The average molecular weight is 428 g/mol. The number of nitrogens with one attached hydrogen (secondary N) is 5. The number of hydrazine groups is 1. The summed E-state index contributed by atoms with van der Waals surface area (Å²) in [6.45, 7) is 0.411. The Hall–Kier alpha value is -1.52. The maximum Gasteiger partial charge on any atom is 0.315 e. The number of rotatable bonds is 6. The molecule has 0 aromatic rings. The molecule has 1 heterocycles. The summed E-state index contributed by atoms with van der Waals surface area (Å²) in [6, 6.07) is 0.146. The first-order chi connectivity index (χ1) is 14.0. The summed E-state index contributed by atoms with van der Waals surface area (Å²) in [5, 5.41) is 8.53.